The molecule has 0 atom stereocenters. The highest BCUT2D eigenvalue weighted by molar-refractivity contribution is 9.10. The van der Waals surface area contributed by atoms with Gasteiger partial charge in [-0.2, -0.15) is 0 Å². The third-order valence-electron chi connectivity index (χ3n) is 2.82. The lowest BCUT2D eigenvalue weighted by Crippen LogP contribution is -2.20. The highest BCUT2D eigenvalue weighted by Crippen LogP contribution is 2.27. The van der Waals surface area contributed by atoms with Crippen molar-refractivity contribution in [1.82, 2.24) is 4.90 Å². The predicted molar refractivity (Wildman–Crippen MR) is 82.5 cm³/mol. The van der Waals surface area contributed by atoms with E-state index in [1.165, 1.54) is 0 Å². The lowest BCUT2D eigenvalue weighted by molar-refractivity contribution is 0.0433. The number of nitrogens with two attached hydrogens (primary N) is 1. The van der Waals surface area contributed by atoms with Gasteiger partial charge in [-0.05, 0) is 53.6 Å². The number of nitrogen functional groups attached to an aromatic ring is 1. The van der Waals surface area contributed by atoms with Crippen molar-refractivity contribution < 1.29 is 14.6 Å². The van der Waals surface area contributed by atoms with Crippen molar-refractivity contribution in [2.75, 3.05) is 32.5 Å². The summed E-state index contributed by atoms with van der Waals surface area (Å²) in [5.74, 6) is -0.459. The molecule has 0 aliphatic carbocycles. The first kappa shape index (κ1) is 16.9. The van der Waals surface area contributed by atoms with Crippen LogP contribution in [0.15, 0.2) is 16.6 Å². The number of halogens is 1. The largest absolute Gasteiger partial charge is 0.460 e. The number of ether oxygens (including phenoxy) is 1. The molecule has 0 aromatic heterocycles. The number of carbonyl (C=O) groups is 1. The van der Waals surface area contributed by atoms with Gasteiger partial charge in [-0.3, -0.25) is 0 Å². The Morgan fingerprint density at radius 1 is 1.50 bits per heavy atom. The minimum Gasteiger partial charge on any atom is -0.460 e. The van der Waals surface area contributed by atoms with Crippen LogP contribution in [0, 0.1) is 0 Å². The summed E-state index contributed by atoms with van der Waals surface area (Å²) in [6.45, 7) is 3.54. The van der Waals surface area contributed by atoms with E-state index in [1.807, 2.05) is 7.05 Å². The van der Waals surface area contributed by atoms with Crippen LogP contribution in [0.5, 0.6) is 0 Å². The minimum atomic E-state index is -0.459. The molecule has 0 heterocycles. The standard InChI is InChI=1S/C14H21BrN2O3/c1-3-4-17(2)9-11-7-10(8-12(15)13(11)16)14(19)20-6-5-18/h7-8,18H,3-6,9,16H2,1-2H3. The molecule has 0 fully saturated rings. The maximum Gasteiger partial charge on any atom is 0.338 e. The molecule has 5 nitrogen and oxygen atoms in total. The van der Waals surface area contributed by atoms with Crippen LogP contribution < -0.4 is 5.73 Å². The second-order valence-electron chi connectivity index (χ2n) is 4.63. The molecule has 0 aliphatic rings. The van der Waals surface area contributed by atoms with E-state index in [-0.39, 0.29) is 13.2 Å². The fourth-order valence-corrected chi connectivity index (χ4v) is 2.40. The fraction of sp³-hybridized carbons (Fsp3) is 0.500. The van der Waals surface area contributed by atoms with Gasteiger partial charge in [-0.1, -0.05) is 6.92 Å². The monoisotopic (exact) mass is 344 g/mol. The van der Waals surface area contributed by atoms with Crippen molar-refractivity contribution in [2.24, 2.45) is 0 Å². The number of anilines is 1. The second kappa shape index (κ2) is 8.24. The van der Waals surface area contributed by atoms with E-state index < -0.39 is 5.97 Å². The predicted octanol–water partition coefficient (Wildman–Crippen LogP) is 2.02. The van der Waals surface area contributed by atoms with Gasteiger partial charge in [0.1, 0.15) is 6.61 Å². The Kier molecular flexibility index (Phi) is 6.98. The van der Waals surface area contributed by atoms with Gasteiger partial charge in [0.05, 0.1) is 17.9 Å². The summed E-state index contributed by atoms with van der Waals surface area (Å²) >= 11 is 3.36. The molecule has 0 amide bonds. The van der Waals surface area contributed by atoms with Crippen LogP contribution in [0.25, 0.3) is 0 Å². The van der Waals surface area contributed by atoms with Crippen LogP contribution in [0.4, 0.5) is 5.69 Å². The molecule has 20 heavy (non-hydrogen) atoms. The quantitative estimate of drug-likeness (QED) is 0.584. The smallest absolute Gasteiger partial charge is 0.338 e. The topological polar surface area (TPSA) is 75.8 Å². The van der Waals surface area contributed by atoms with E-state index in [4.69, 9.17) is 15.6 Å². The Bertz CT molecular complexity index is 466. The van der Waals surface area contributed by atoms with E-state index >= 15 is 0 Å². The molecule has 1 rings (SSSR count). The van der Waals surface area contributed by atoms with Crippen molar-refractivity contribution in [3.63, 3.8) is 0 Å². The highest BCUT2D eigenvalue weighted by Gasteiger charge is 2.14. The van der Waals surface area contributed by atoms with E-state index in [2.05, 4.69) is 27.8 Å². The van der Waals surface area contributed by atoms with E-state index in [9.17, 15) is 4.79 Å². The first-order valence-corrected chi connectivity index (χ1v) is 7.33. The minimum absolute atomic E-state index is 0.00804. The number of carbonyl (C=O) groups excluding carboxylic acids is 1. The molecular formula is C14H21BrN2O3. The normalized spacial score (nSPS) is 10.8. The van der Waals surface area contributed by atoms with Crippen LogP contribution >= 0.6 is 15.9 Å². The molecule has 0 unspecified atom stereocenters. The summed E-state index contributed by atoms with van der Waals surface area (Å²) in [6, 6.07) is 3.38. The summed E-state index contributed by atoms with van der Waals surface area (Å²) < 4.78 is 5.59. The van der Waals surface area contributed by atoms with Crippen LogP contribution in [0.3, 0.4) is 0 Å². The number of esters is 1. The van der Waals surface area contributed by atoms with E-state index in [1.54, 1.807) is 12.1 Å². The molecular weight excluding hydrogens is 324 g/mol. The van der Waals surface area contributed by atoms with Gasteiger partial charge in [0.2, 0.25) is 0 Å². The number of hydrogen-bond donors (Lipinski definition) is 2. The summed E-state index contributed by atoms with van der Waals surface area (Å²) in [6.07, 6.45) is 1.05. The third kappa shape index (κ3) is 4.77. The Morgan fingerprint density at radius 2 is 2.20 bits per heavy atom. The lowest BCUT2D eigenvalue weighted by Gasteiger charge is -2.18. The van der Waals surface area contributed by atoms with Gasteiger partial charge in [0.25, 0.3) is 0 Å². The molecule has 0 radical (unpaired) electrons. The molecule has 1 aromatic rings. The van der Waals surface area contributed by atoms with Crippen LogP contribution in [-0.4, -0.2) is 42.8 Å². The average Bonchev–Trinajstić information content (AvgIpc) is 2.41. The SMILES string of the molecule is CCCN(C)Cc1cc(C(=O)OCCO)cc(Br)c1N. The van der Waals surface area contributed by atoms with Crippen molar-refractivity contribution in [1.29, 1.82) is 0 Å². The molecule has 3 N–H and O–H groups in total. The molecule has 0 saturated carbocycles. The first-order chi connectivity index (χ1) is 9.49. The van der Waals surface area contributed by atoms with Gasteiger partial charge >= 0.3 is 5.97 Å². The summed E-state index contributed by atoms with van der Waals surface area (Å²) in [4.78, 5) is 14.0. The molecule has 0 spiro atoms. The summed E-state index contributed by atoms with van der Waals surface area (Å²) in [5.41, 5.74) is 7.97. The van der Waals surface area contributed by atoms with Crippen molar-refractivity contribution in [3.8, 4) is 0 Å². The number of aliphatic hydroxyl groups is 1. The fourth-order valence-electron chi connectivity index (χ4n) is 1.90. The number of benzene rings is 1. The van der Waals surface area contributed by atoms with Crippen LogP contribution in [0.1, 0.15) is 29.3 Å². The first-order valence-electron chi connectivity index (χ1n) is 6.54. The zero-order valence-electron chi connectivity index (χ0n) is 11.9. The van der Waals surface area contributed by atoms with Crippen LogP contribution in [0.2, 0.25) is 0 Å². The zero-order chi connectivity index (χ0) is 15.1. The zero-order valence-corrected chi connectivity index (χ0v) is 13.4. The maximum absolute atomic E-state index is 11.8. The number of hydrogen-bond acceptors (Lipinski definition) is 5. The summed E-state index contributed by atoms with van der Waals surface area (Å²) in [7, 11) is 2.01. The number of nitrogens with zero attached hydrogens (tertiary/aromatic N) is 1. The second-order valence-corrected chi connectivity index (χ2v) is 5.48. The maximum atomic E-state index is 11.8. The van der Waals surface area contributed by atoms with Gasteiger partial charge in [0.15, 0.2) is 0 Å². The highest BCUT2D eigenvalue weighted by atomic mass is 79.9. The Labute approximate surface area is 127 Å². The Morgan fingerprint density at radius 3 is 2.80 bits per heavy atom. The number of rotatable bonds is 7. The molecule has 112 valence electrons. The molecule has 0 bridgehead atoms. The van der Waals surface area contributed by atoms with Crippen molar-refractivity contribution in [2.45, 2.75) is 19.9 Å². The van der Waals surface area contributed by atoms with Crippen LogP contribution in [-0.2, 0) is 11.3 Å². The van der Waals surface area contributed by atoms with Gasteiger partial charge in [-0.25, -0.2) is 4.79 Å². The Hall–Kier alpha value is -1.11. The van der Waals surface area contributed by atoms with E-state index in [0.717, 1.165) is 18.5 Å². The molecule has 0 saturated heterocycles. The van der Waals surface area contributed by atoms with Gasteiger partial charge < -0.3 is 20.5 Å². The summed E-state index contributed by atoms with van der Waals surface area (Å²) in [5, 5.41) is 8.68. The van der Waals surface area contributed by atoms with Crippen molar-refractivity contribution >= 4 is 27.6 Å². The van der Waals surface area contributed by atoms with Crippen molar-refractivity contribution in [3.05, 3.63) is 27.7 Å². The Balaban J connectivity index is 2.94. The van der Waals surface area contributed by atoms with E-state index in [0.29, 0.717) is 22.3 Å². The molecule has 1 aromatic carbocycles. The van der Waals surface area contributed by atoms with Gasteiger partial charge in [0, 0.05) is 11.0 Å². The lowest BCUT2D eigenvalue weighted by atomic mass is 10.1. The third-order valence-corrected chi connectivity index (χ3v) is 3.48. The average molecular weight is 345 g/mol. The molecule has 6 heteroatoms. The molecule has 0 aliphatic heterocycles. The van der Waals surface area contributed by atoms with Gasteiger partial charge in [-0.15, -0.1) is 0 Å². The number of aliphatic hydroxyl groups excluding tert-OH is 1.